The van der Waals surface area contributed by atoms with E-state index >= 15 is 0 Å². The second-order valence-electron chi connectivity index (χ2n) is 7.97. The third-order valence-corrected chi connectivity index (χ3v) is 7.15. The number of ether oxygens (including phenoxy) is 2. The van der Waals surface area contributed by atoms with Gasteiger partial charge in [0.15, 0.2) is 0 Å². The SMILES string of the molecule is CCOC(=O)C(=O)Nc1cc(C)c(Oc2ccc(O)c(S(=O)(=O)NC3CCCCC3)c2)c(Cl)c1. The van der Waals surface area contributed by atoms with E-state index in [4.69, 9.17) is 16.3 Å². The predicted octanol–water partition coefficient (Wildman–Crippen LogP) is 4.26. The Morgan fingerprint density at radius 1 is 1.15 bits per heavy atom. The van der Waals surface area contributed by atoms with Crippen LogP contribution in [0.15, 0.2) is 35.2 Å². The third kappa shape index (κ3) is 6.40. The largest absolute Gasteiger partial charge is 0.507 e. The number of aromatic hydroxyl groups is 1. The molecule has 2 aromatic carbocycles. The molecule has 1 saturated carbocycles. The second kappa shape index (κ2) is 11.1. The molecule has 0 unspecified atom stereocenters. The Labute approximate surface area is 203 Å². The normalized spacial score (nSPS) is 14.4. The zero-order valence-corrected chi connectivity index (χ0v) is 20.5. The van der Waals surface area contributed by atoms with Gasteiger partial charge in [0, 0.05) is 17.8 Å². The molecule has 0 aromatic heterocycles. The fraction of sp³-hybridized carbons (Fsp3) is 0.391. The summed E-state index contributed by atoms with van der Waals surface area (Å²) in [7, 11) is -3.96. The van der Waals surface area contributed by atoms with Crippen molar-refractivity contribution in [3.05, 3.63) is 40.9 Å². The molecule has 0 saturated heterocycles. The summed E-state index contributed by atoms with van der Waals surface area (Å²) in [5.74, 6) is -1.98. The minimum Gasteiger partial charge on any atom is -0.507 e. The molecule has 0 atom stereocenters. The van der Waals surface area contributed by atoms with Crippen molar-refractivity contribution in [1.29, 1.82) is 0 Å². The van der Waals surface area contributed by atoms with Gasteiger partial charge < -0.3 is 19.9 Å². The summed E-state index contributed by atoms with van der Waals surface area (Å²) >= 11 is 6.33. The first kappa shape index (κ1) is 25.8. The van der Waals surface area contributed by atoms with E-state index in [0.717, 1.165) is 32.1 Å². The predicted molar refractivity (Wildman–Crippen MR) is 127 cm³/mol. The van der Waals surface area contributed by atoms with Crippen molar-refractivity contribution >= 4 is 39.2 Å². The number of hydrogen-bond acceptors (Lipinski definition) is 7. The van der Waals surface area contributed by atoms with E-state index in [0.29, 0.717) is 5.56 Å². The molecule has 1 aliphatic rings. The Kier molecular flexibility index (Phi) is 8.40. The van der Waals surface area contributed by atoms with Crippen molar-refractivity contribution < 1.29 is 32.6 Å². The van der Waals surface area contributed by atoms with E-state index in [2.05, 4.69) is 14.8 Å². The standard InChI is InChI=1S/C23H27ClN2O7S/c1-3-32-23(29)22(28)25-16-11-14(2)21(18(24)12-16)33-17-9-10-19(27)20(13-17)34(30,31)26-15-7-5-4-6-8-15/h9-13,15,26-27H,3-8H2,1-2H3,(H,25,28). The van der Waals surface area contributed by atoms with Crippen molar-refractivity contribution in [3.8, 4) is 17.2 Å². The van der Waals surface area contributed by atoms with Crippen LogP contribution >= 0.6 is 11.6 Å². The number of phenolic OH excluding ortho intramolecular Hbond substituents is 1. The molecular weight excluding hydrogens is 484 g/mol. The van der Waals surface area contributed by atoms with E-state index < -0.39 is 27.6 Å². The number of hydrogen-bond donors (Lipinski definition) is 3. The number of nitrogens with one attached hydrogen (secondary N) is 2. The zero-order valence-electron chi connectivity index (χ0n) is 18.9. The monoisotopic (exact) mass is 510 g/mol. The molecule has 0 spiro atoms. The van der Waals surface area contributed by atoms with Crippen molar-refractivity contribution in [1.82, 2.24) is 4.72 Å². The van der Waals surface area contributed by atoms with Crippen LogP contribution in [0.2, 0.25) is 5.02 Å². The first-order chi connectivity index (χ1) is 16.1. The molecule has 0 bridgehead atoms. The third-order valence-electron chi connectivity index (χ3n) is 5.32. The van der Waals surface area contributed by atoms with Crippen molar-refractivity contribution in [2.45, 2.75) is 56.9 Å². The van der Waals surface area contributed by atoms with Crippen LogP contribution in [0.5, 0.6) is 17.2 Å². The summed E-state index contributed by atoms with van der Waals surface area (Å²) in [4.78, 5) is 23.1. The lowest BCUT2D eigenvalue weighted by atomic mass is 9.96. The number of carbonyl (C=O) groups is 2. The number of sulfonamides is 1. The summed E-state index contributed by atoms with van der Waals surface area (Å²) in [5, 5.41) is 12.7. The van der Waals surface area contributed by atoms with Gasteiger partial charge in [-0.1, -0.05) is 30.9 Å². The number of rotatable bonds is 7. The Morgan fingerprint density at radius 3 is 2.50 bits per heavy atom. The van der Waals surface area contributed by atoms with Crippen LogP contribution < -0.4 is 14.8 Å². The molecule has 1 amide bonds. The maximum Gasteiger partial charge on any atom is 0.397 e. The topological polar surface area (TPSA) is 131 Å². The number of carbonyl (C=O) groups excluding carboxylic acids is 2. The van der Waals surface area contributed by atoms with Crippen LogP contribution in [-0.2, 0) is 24.3 Å². The highest BCUT2D eigenvalue weighted by Crippen LogP contribution is 2.37. The lowest BCUT2D eigenvalue weighted by Crippen LogP contribution is -2.36. The summed E-state index contributed by atoms with van der Waals surface area (Å²) in [6, 6.07) is 6.65. The number of aryl methyl sites for hydroxylation is 1. The minimum atomic E-state index is -3.96. The Bertz CT molecular complexity index is 1150. The average molecular weight is 511 g/mol. The summed E-state index contributed by atoms with van der Waals surface area (Å²) in [6.45, 7) is 3.33. The van der Waals surface area contributed by atoms with Gasteiger partial charge in [0.05, 0.1) is 11.6 Å². The van der Waals surface area contributed by atoms with Crippen LogP contribution in [0.3, 0.4) is 0 Å². The van der Waals surface area contributed by atoms with Crippen molar-refractivity contribution in [2.24, 2.45) is 0 Å². The molecular formula is C23H27ClN2O7S. The molecule has 3 rings (SSSR count). The molecule has 1 fully saturated rings. The molecule has 0 heterocycles. The van der Waals surface area contributed by atoms with Gasteiger partial charge in [0.25, 0.3) is 0 Å². The van der Waals surface area contributed by atoms with Crippen LogP contribution in [0.1, 0.15) is 44.6 Å². The van der Waals surface area contributed by atoms with Gasteiger partial charge in [-0.05, 0) is 56.5 Å². The molecule has 2 aromatic rings. The first-order valence-corrected chi connectivity index (χ1v) is 12.8. The molecule has 34 heavy (non-hydrogen) atoms. The fourth-order valence-electron chi connectivity index (χ4n) is 3.71. The van der Waals surface area contributed by atoms with E-state index in [9.17, 15) is 23.1 Å². The van der Waals surface area contributed by atoms with E-state index in [-0.39, 0.29) is 39.8 Å². The van der Waals surface area contributed by atoms with Gasteiger partial charge in [0.2, 0.25) is 10.0 Å². The molecule has 1 aliphatic carbocycles. The Hall–Kier alpha value is -2.82. The number of benzene rings is 2. The number of phenols is 1. The van der Waals surface area contributed by atoms with E-state index in [1.807, 2.05) is 0 Å². The number of halogens is 1. The molecule has 9 nitrogen and oxygen atoms in total. The highest BCUT2D eigenvalue weighted by atomic mass is 35.5. The van der Waals surface area contributed by atoms with Gasteiger partial charge in [0.1, 0.15) is 22.1 Å². The van der Waals surface area contributed by atoms with Crippen LogP contribution in [-0.4, -0.2) is 38.0 Å². The van der Waals surface area contributed by atoms with Gasteiger partial charge in [-0.15, -0.1) is 0 Å². The lowest BCUT2D eigenvalue weighted by Gasteiger charge is -2.23. The molecule has 11 heteroatoms. The number of anilines is 1. The number of esters is 1. The van der Waals surface area contributed by atoms with Crippen LogP contribution in [0.25, 0.3) is 0 Å². The Morgan fingerprint density at radius 2 is 1.85 bits per heavy atom. The fourth-order valence-corrected chi connectivity index (χ4v) is 5.43. The summed E-state index contributed by atoms with van der Waals surface area (Å²) in [6.07, 6.45) is 4.50. The van der Waals surface area contributed by atoms with E-state index in [1.54, 1.807) is 19.9 Å². The molecule has 0 aliphatic heterocycles. The van der Waals surface area contributed by atoms with E-state index in [1.165, 1.54) is 24.3 Å². The molecule has 0 radical (unpaired) electrons. The summed E-state index contributed by atoms with van der Waals surface area (Å²) in [5.41, 5.74) is 0.781. The van der Waals surface area contributed by atoms with Gasteiger partial charge in [-0.25, -0.2) is 17.9 Å². The smallest absolute Gasteiger partial charge is 0.397 e. The molecule has 3 N–H and O–H groups in total. The lowest BCUT2D eigenvalue weighted by molar-refractivity contribution is -0.152. The number of amides is 1. The van der Waals surface area contributed by atoms with Crippen molar-refractivity contribution in [2.75, 3.05) is 11.9 Å². The second-order valence-corrected chi connectivity index (χ2v) is 10.1. The Balaban J connectivity index is 1.80. The molecule has 184 valence electrons. The van der Waals surface area contributed by atoms with Gasteiger partial charge >= 0.3 is 11.9 Å². The van der Waals surface area contributed by atoms with Gasteiger partial charge in [-0.3, -0.25) is 4.79 Å². The maximum atomic E-state index is 12.9. The van der Waals surface area contributed by atoms with Crippen molar-refractivity contribution in [3.63, 3.8) is 0 Å². The summed E-state index contributed by atoms with van der Waals surface area (Å²) < 4.78 is 38.9. The highest BCUT2D eigenvalue weighted by Gasteiger charge is 2.25. The average Bonchev–Trinajstić information content (AvgIpc) is 2.77. The maximum absolute atomic E-state index is 12.9. The first-order valence-electron chi connectivity index (χ1n) is 10.9. The van der Waals surface area contributed by atoms with Crippen LogP contribution in [0.4, 0.5) is 5.69 Å². The highest BCUT2D eigenvalue weighted by molar-refractivity contribution is 7.89. The quantitative estimate of drug-likeness (QED) is 0.374. The van der Waals surface area contributed by atoms with Gasteiger partial charge in [-0.2, -0.15) is 0 Å². The van der Waals surface area contributed by atoms with Crippen LogP contribution in [0, 0.1) is 6.92 Å². The zero-order chi connectivity index (χ0) is 24.9. The minimum absolute atomic E-state index is 0.0688.